The molecule has 0 bridgehead atoms. The number of phenolic OH excluding ortho intramolecular Hbond substituents is 1. The smallest absolute Gasteiger partial charge is 0.259 e. The van der Waals surface area contributed by atoms with Gasteiger partial charge in [0.25, 0.3) is 5.91 Å². The van der Waals surface area contributed by atoms with Gasteiger partial charge in [-0.25, -0.2) is 4.68 Å². The number of aromatic hydroxyl groups is 1. The molecule has 0 aliphatic heterocycles. The Kier molecular flexibility index (Phi) is 3.85. The van der Waals surface area contributed by atoms with Gasteiger partial charge in [0, 0.05) is 0 Å². The molecule has 0 radical (unpaired) electrons. The van der Waals surface area contributed by atoms with Gasteiger partial charge in [0.2, 0.25) is 0 Å². The predicted octanol–water partition coefficient (Wildman–Crippen LogP) is 3.45. The molecule has 0 unspecified atom stereocenters. The zero-order chi connectivity index (χ0) is 16.4. The number of para-hydroxylation sites is 1. The Hall–Kier alpha value is -3.08. The molecule has 0 saturated carbocycles. The average molecular weight is 307 g/mol. The van der Waals surface area contributed by atoms with E-state index in [1.54, 1.807) is 22.9 Å². The molecule has 2 aromatic carbocycles. The topological polar surface area (TPSA) is 67.2 Å². The predicted molar refractivity (Wildman–Crippen MR) is 89.1 cm³/mol. The first-order valence-corrected chi connectivity index (χ1v) is 7.27. The number of rotatable bonds is 3. The van der Waals surface area contributed by atoms with Crippen LogP contribution in [0.5, 0.6) is 5.75 Å². The van der Waals surface area contributed by atoms with Gasteiger partial charge in [0.1, 0.15) is 5.75 Å². The van der Waals surface area contributed by atoms with Crippen LogP contribution in [0.2, 0.25) is 0 Å². The van der Waals surface area contributed by atoms with Gasteiger partial charge in [-0.15, -0.1) is 0 Å². The quantitative estimate of drug-likeness (QED) is 0.728. The monoisotopic (exact) mass is 307 g/mol. The van der Waals surface area contributed by atoms with Crippen molar-refractivity contribution in [2.24, 2.45) is 0 Å². The first-order valence-electron chi connectivity index (χ1n) is 7.27. The van der Waals surface area contributed by atoms with Crippen molar-refractivity contribution >= 4 is 11.6 Å². The SMILES string of the molecule is Cc1ccc(O)c(NC(=O)c2cnn(-c3ccccc3)c2C)c1. The summed E-state index contributed by atoms with van der Waals surface area (Å²) in [4.78, 5) is 12.5. The van der Waals surface area contributed by atoms with Crippen molar-refractivity contribution in [2.75, 3.05) is 5.32 Å². The van der Waals surface area contributed by atoms with Crippen LogP contribution in [0.3, 0.4) is 0 Å². The van der Waals surface area contributed by atoms with Gasteiger partial charge in [-0.2, -0.15) is 5.10 Å². The highest BCUT2D eigenvalue weighted by Gasteiger charge is 2.16. The van der Waals surface area contributed by atoms with Gasteiger partial charge in [-0.05, 0) is 43.7 Å². The lowest BCUT2D eigenvalue weighted by molar-refractivity contribution is 0.102. The minimum atomic E-state index is -0.300. The van der Waals surface area contributed by atoms with E-state index in [0.29, 0.717) is 11.3 Å². The van der Waals surface area contributed by atoms with E-state index in [2.05, 4.69) is 10.4 Å². The molecule has 3 rings (SSSR count). The Balaban J connectivity index is 1.89. The Labute approximate surface area is 134 Å². The summed E-state index contributed by atoms with van der Waals surface area (Å²) >= 11 is 0. The van der Waals surface area contributed by atoms with Crippen molar-refractivity contribution in [3.63, 3.8) is 0 Å². The summed E-state index contributed by atoms with van der Waals surface area (Å²) in [6.07, 6.45) is 1.53. The van der Waals surface area contributed by atoms with E-state index < -0.39 is 0 Å². The van der Waals surface area contributed by atoms with Crippen LogP contribution in [0.25, 0.3) is 5.69 Å². The summed E-state index contributed by atoms with van der Waals surface area (Å²) in [5.74, 6) is -0.261. The fourth-order valence-electron chi connectivity index (χ4n) is 2.40. The molecule has 5 heteroatoms. The summed E-state index contributed by atoms with van der Waals surface area (Å²) in [7, 11) is 0. The van der Waals surface area contributed by atoms with Crippen molar-refractivity contribution in [3.05, 3.63) is 71.5 Å². The molecule has 1 amide bonds. The number of aromatic nitrogens is 2. The van der Waals surface area contributed by atoms with Gasteiger partial charge >= 0.3 is 0 Å². The zero-order valence-electron chi connectivity index (χ0n) is 12.9. The molecule has 0 aliphatic carbocycles. The van der Waals surface area contributed by atoms with Crippen LogP contribution in [0, 0.1) is 13.8 Å². The lowest BCUT2D eigenvalue weighted by Gasteiger charge is -2.08. The van der Waals surface area contributed by atoms with Crippen molar-refractivity contribution in [3.8, 4) is 11.4 Å². The number of nitrogens with one attached hydrogen (secondary N) is 1. The maximum Gasteiger partial charge on any atom is 0.259 e. The molecule has 2 N–H and O–H groups in total. The molecule has 23 heavy (non-hydrogen) atoms. The zero-order valence-corrected chi connectivity index (χ0v) is 12.9. The fraction of sp³-hybridized carbons (Fsp3) is 0.111. The highest BCUT2D eigenvalue weighted by atomic mass is 16.3. The van der Waals surface area contributed by atoms with Crippen LogP contribution in [-0.4, -0.2) is 20.8 Å². The summed E-state index contributed by atoms with van der Waals surface area (Å²) < 4.78 is 1.71. The van der Waals surface area contributed by atoms with Gasteiger partial charge in [-0.1, -0.05) is 24.3 Å². The molecule has 0 spiro atoms. The number of nitrogens with zero attached hydrogens (tertiary/aromatic N) is 2. The lowest BCUT2D eigenvalue weighted by atomic mass is 10.2. The Morgan fingerprint density at radius 1 is 1.13 bits per heavy atom. The molecule has 0 atom stereocenters. The number of phenols is 1. The highest BCUT2D eigenvalue weighted by Crippen LogP contribution is 2.25. The number of amides is 1. The van der Waals surface area contributed by atoms with Crippen LogP contribution in [0.1, 0.15) is 21.6 Å². The van der Waals surface area contributed by atoms with Crippen molar-refractivity contribution in [1.82, 2.24) is 9.78 Å². The van der Waals surface area contributed by atoms with E-state index in [9.17, 15) is 9.90 Å². The molecule has 3 aromatic rings. The van der Waals surface area contributed by atoms with Crippen LogP contribution >= 0.6 is 0 Å². The summed E-state index contributed by atoms with van der Waals surface area (Å²) in [5, 5.41) is 16.9. The molecule has 5 nitrogen and oxygen atoms in total. The summed E-state index contributed by atoms with van der Waals surface area (Å²) in [6.45, 7) is 3.73. The molecule has 0 fully saturated rings. The van der Waals surface area contributed by atoms with Crippen LogP contribution in [-0.2, 0) is 0 Å². The van der Waals surface area contributed by atoms with E-state index in [1.807, 2.05) is 44.2 Å². The van der Waals surface area contributed by atoms with E-state index in [-0.39, 0.29) is 11.7 Å². The summed E-state index contributed by atoms with van der Waals surface area (Å²) in [5.41, 5.74) is 3.44. The third kappa shape index (κ3) is 2.94. The number of carbonyl (C=O) groups is 1. The van der Waals surface area contributed by atoms with Crippen LogP contribution < -0.4 is 5.32 Å². The van der Waals surface area contributed by atoms with E-state index in [0.717, 1.165) is 16.9 Å². The summed E-state index contributed by atoms with van der Waals surface area (Å²) in [6, 6.07) is 14.7. The molecule has 1 heterocycles. The standard InChI is InChI=1S/C18H17N3O2/c1-12-8-9-17(22)16(10-12)20-18(23)15-11-19-21(13(15)2)14-6-4-3-5-7-14/h3-11,22H,1-2H3,(H,20,23). The number of benzene rings is 2. The second-order valence-corrected chi connectivity index (χ2v) is 5.37. The van der Waals surface area contributed by atoms with E-state index in [4.69, 9.17) is 0 Å². The fourth-order valence-corrected chi connectivity index (χ4v) is 2.40. The average Bonchev–Trinajstić information content (AvgIpc) is 2.93. The third-order valence-corrected chi connectivity index (χ3v) is 3.66. The normalized spacial score (nSPS) is 10.5. The number of hydrogen-bond acceptors (Lipinski definition) is 3. The van der Waals surface area contributed by atoms with Crippen LogP contribution in [0.15, 0.2) is 54.7 Å². The number of anilines is 1. The minimum absolute atomic E-state index is 0.0389. The molecular weight excluding hydrogens is 290 g/mol. The molecule has 1 aromatic heterocycles. The molecular formula is C18H17N3O2. The molecule has 0 saturated heterocycles. The maximum atomic E-state index is 12.5. The Bertz CT molecular complexity index is 854. The second-order valence-electron chi connectivity index (χ2n) is 5.37. The van der Waals surface area contributed by atoms with Crippen molar-refractivity contribution in [1.29, 1.82) is 0 Å². The third-order valence-electron chi connectivity index (χ3n) is 3.66. The minimum Gasteiger partial charge on any atom is -0.506 e. The largest absolute Gasteiger partial charge is 0.506 e. The van der Waals surface area contributed by atoms with E-state index >= 15 is 0 Å². The number of aryl methyl sites for hydroxylation is 1. The number of carbonyl (C=O) groups excluding carboxylic acids is 1. The first-order chi connectivity index (χ1) is 11.1. The van der Waals surface area contributed by atoms with Crippen molar-refractivity contribution in [2.45, 2.75) is 13.8 Å². The lowest BCUT2D eigenvalue weighted by Crippen LogP contribution is -2.13. The second kappa shape index (κ2) is 5.96. The molecule has 116 valence electrons. The highest BCUT2D eigenvalue weighted by molar-refractivity contribution is 6.05. The van der Waals surface area contributed by atoms with E-state index in [1.165, 1.54) is 6.20 Å². The first kappa shape index (κ1) is 14.8. The van der Waals surface area contributed by atoms with Gasteiger partial charge in [0.05, 0.1) is 28.8 Å². The maximum absolute atomic E-state index is 12.5. The van der Waals surface area contributed by atoms with Crippen molar-refractivity contribution < 1.29 is 9.90 Å². The Morgan fingerprint density at radius 2 is 1.87 bits per heavy atom. The van der Waals surface area contributed by atoms with Crippen LogP contribution in [0.4, 0.5) is 5.69 Å². The number of hydrogen-bond donors (Lipinski definition) is 2. The van der Waals surface area contributed by atoms with Gasteiger partial charge < -0.3 is 10.4 Å². The Morgan fingerprint density at radius 3 is 2.61 bits per heavy atom. The van der Waals surface area contributed by atoms with Gasteiger partial charge in [0.15, 0.2) is 0 Å². The van der Waals surface area contributed by atoms with Gasteiger partial charge in [-0.3, -0.25) is 4.79 Å². The molecule has 0 aliphatic rings.